The van der Waals surface area contributed by atoms with Gasteiger partial charge in [0, 0.05) is 36.3 Å². The molecule has 1 aliphatic carbocycles. The maximum atomic E-state index is 11.3. The lowest BCUT2D eigenvalue weighted by Crippen LogP contribution is -2.19. The number of carbonyl (C=O) groups excluding carboxylic acids is 1. The Hall–Kier alpha value is -1.38. The zero-order valence-corrected chi connectivity index (χ0v) is 8.29. The smallest absolute Gasteiger partial charge is 0.133 e. The molecule has 1 aliphatic rings. The van der Waals surface area contributed by atoms with E-state index in [-0.39, 0.29) is 5.41 Å². The fraction of sp³-hybridized carbons (Fsp3) is 0.455. The van der Waals surface area contributed by atoms with Gasteiger partial charge < -0.3 is 5.73 Å². The van der Waals surface area contributed by atoms with E-state index in [1.54, 1.807) is 18.5 Å². The van der Waals surface area contributed by atoms with Gasteiger partial charge in [-0.25, -0.2) is 0 Å². The van der Waals surface area contributed by atoms with Crippen molar-refractivity contribution in [1.29, 1.82) is 0 Å². The van der Waals surface area contributed by atoms with E-state index >= 15 is 0 Å². The maximum absolute atomic E-state index is 11.3. The highest BCUT2D eigenvalue weighted by Gasteiger charge is 2.36. The number of ketones is 1. The minimum atomic E-state index is -0.0879. The van der Waals surface area contributed by atoms with Crippen LogP contribution in [0.4, 0.5) is 5.69 Å². The van der Waals surface area contributed by atoms with Crippen LogP contribution in [-0.2, 0) is 10.2 Å². The lowest BCUT2D eigenvalue weighted by Gasteiger charge is -2.24. The summed E-state index contributed by atoms with van der Waals surface area (Å²) < 4.78 is 0. The third-order valence-corrected chi connectivity index (χ3v) is 3.05. The van der Waals surface area contributed by atoms with Gasteiger partial charge in [-0.2, -0.15) is 0 Å². The molecule has 0 aromatic carbocycles. The number of Topliss-reactive ketones (excluding diaryl/α,β-unsaturated/α-hetero) is 1. The fourth-order valence-corrected chi connectivity index (χ4v) is 2.17. The van der Waals surface area contributed by atoms with Gasteiger partial charge in [-0.1, -0.05) is 6.92 Å². The van der Waals surface area contributed by atoms with Gasteiger partial charge in [0.05, 0.1) is 0 Å². The molecule has 14 heavy (non-hydrogen) atoms. The molecule has 2 rings (SSSR count). The Balaban J connectivity index is 2.40. The summed E-state index contributed by atoms with van der Waals surface area (Å²) in [5, 5.41) is 0. The molecule has 1 aromatic rings. The largest absolute Gasteiger partial charge is 0.398 e. The van der Waals surface area contributed by atoms with Crippen LogP contribution in [-0.4, -0.2) is 10.8 Å². The molecular weight excluding hydrogens is 176 g/mol. The molecule has 1 unspecified atom stereocenters. The van der Waals surface area contributed by atoms with Gasteiger partial charge in [-0.05, 0) is 18.1 Å². The molecule has 0 aliphatic heterocycles. The summed E-state index contributed by atoms with van der Waals surface area (Å²) in [6.45, 7) is 2.09. The Morgan fingerprint density at radius 1 is 1.57 bits per heavy atom. The molecule has 2 N–H and O–H groups in total. The van der Waals surface area contributed by atoms with E-state index in [0.29, 0.717) is 18.6 Å². The molecule has 3 heteroatoms. The number of hydrogen-bond acceptors (Lipinski definition) is 3. The minimum Gasteiger partial charge on any atom is -0.398 e. The van der Waals surface area contributed by atoms with Crippen molar-refractivity contribution in [1.82, 2.24) is 4.98 Å². The van der Waals surface area contributed by atoms with E-state index in [4.69, 9.17) is 5.73 Å². The van der Waals surface area contributed by atoms with Crippen LogP contribution in [0.15, 0.2) is 18.5 Å². The monoisotopic (exact) mass is 190 g/mol. The van der Waals surface area contributed by atoms with E-state index in [2.05, 4.69) is 11.9 Å². The Labute approximate surface area is 83.3 Å². The third kappa shape index (κ3) is 1.39. The molecule has 1 atom stereocenters. The maximum Gasteiger partial charge on any atom is 0.133 e. The molecule has 3 nitrogen and oxygen atoms in total. The zero-order valence-electron chi connectivity index (χ0n) is 8.29. The molecule has 74 valence electrons. The number of anilines is 1. The average Bonchev–Trinajstić information content (AvgIpc) is 2.48. The zero-order chi connectivity index (χ0) is 10.2. The third-order valence-electron chi connectivity index (χ3n) is 3.05. The molecule has 0 amide bonds. The predicted octanol–water partition coefficient (Wildman–Crippen LogP) is 1.67. The summed E-state index contributed by atoms with van der Waals surface area (Å²) in [5.74, 6) is 0.329. The van der Waals surface area contributed by atoms with Crippen LogP contribution >= 0.6 is 0 Å². The highest BCUT2D eigenvalue weighted by atomic mass is 16.1. The first-order valence-electron chi connectivity index (χ1n) is 4.83. The van der Waals surface area contributed by atoms with Gasteiger partial charge >= 0.3 is 0 Å². The highest BCUT2D eigenvalue weighted by Crippen LogP contribution is 2.40. The van der Waals surface area contributed by atoms with Crippen molar-refractivity contribution in [2.45, 2.75) is 31.6 Å². The number of nitrogens with zero attached hydrogens (tertiary/aromatic N) is 1. The Kier molecular flexibility index (Phi) is 2.02. The summed E-state index contributed by atoms with van der Waals surface area (Å²) in [5.41, 5.74) is 7.56. The molecule has 1 saturated carbocycles. The highest BCUT2D eigenvalue weighted by molar-refractivity contribution is 5.83. The van der Waals surface area contributed by atoms with Gasteiger partial charge in [-0.15, -0.1) is 0 Å². The van der Waals surface area contributed by atoms with E-state index in [1.807, 2.05) is 0 Å². The van der Waals surface area contributed by atoms with Crippen LogP contribution in [0.1, 0.15) is 31.7 Å². The first kappa shape index (κ1) is 9.19. The Morgan fingerprint density at radius 3 is 2.93 bits per heavy atom. The Morgan fingerprint density at radius 2 is 2.36 bits per heavy atom. The lowest BCUT2D eigenvalue weighted by atomic mass is 9.81. The quantitative estimate of drug-likeness (QED) is 0.733. The first-order chi connectivity index (χ1) is 6.62. The molecule has 0 bridgehead atoms. The van der Waals surface area contributed by atoms with E-state index in [1.165, 1.54) is 0 Å². The molecule has 0 radical (unpaired) electrons. The van der Waals surface area contributed by atoms with Crippen LogP contribution in [0, 0.1) is 0 Å². The van der Waals surface area contributed by atoms with Gasteiger partial charge in [0.1, 0.15) is 5.78 Å². The summed E-state index contributed by atoms with van der Waals surface area (Å²) in [7, 11) is 0. The molecule has 1 heterocycles. The summed E-state index contributed by atoms with van der Waals surface area (Å²) in [4.78, 5) is 15.4. The number of nitrogen functional groups attached to an aromatic ring is 1. The van der Waals surface area contributed by atoms with E-state index in [9.17, 15) is 4.79 Å². The molecule has 1 fully saturated rings. The van der Waals surface area contributed by atoms with Gasteiger partial charge in [0.2, 0.25) is 0 Å². The fourth-order valence-electron chi connectivity index (χ4n) is 2.17. The van der Waals surface area contributed by atoms with Crippen molar-refractivity contribution >= 4 is 11.5 Å². The van der Waals surface area contributed by atoms with Crippen molar-refractivity contribution < 1.29 is 4.79 Å². The SMILES string of the molecule is CC1(c2cnccc2N)CCC(=O)C1. The normalized spacial score (nSPS) is 26.8. The van der Waals surface area contributed by atoms with E-state index in [0.717, 1.165) is 17.7 Å². The van der Waals surface area contributed by atoms with Gasteiger partial charge in [0.25, 0.3) is 0 Å². The molecular formula is C11H14N2O. The summed E-state index contributed by atoms with van der Waals surface area (Å²) >= 11 is 0. The molecule has 0 saturated heterocycles. The summed E-state index contributed by atoms with van der Waals surface area (Å²) in [6, 6.07) is 1.80. The second-order valence-corrected chi connectivity index (χ2v) is 4.24. The standard InChI is InChI=1S/C11H14N2O/c1-11(4-2-8(14)6-11)9-7-13-5-3-10(9)12/h3,5,7H,2,4,6H2,1H3,(H2,12,13). The van der Waals surface area contributed by atoms with Crippen LogP contribution in [0.25, 0.3) is 0 Å². The van der Waals surface area contributed by atoms with Crippen molar-refractivity contribution in [2.24, 2.45) is 0 Å². The number of hydrogen-bond donors (Lipinski definition) is 1. The number of rotatable bonds is 1. The van der Waals surface area contributed by atoms with Gasteiger partial charge in [-0.3, -0.25) is 9.78 Å². The number of nitrogens with two attached hydrogens (primary N) is 1. The molecule has 0 spiro atoms. The average molecular weight is 190 g/mol. The van der Waals surface area contributed by atoms with Crippen LogP contribution in [0.5, 0.6) is 0 Å². The summed E-state index contributed by atoms with van der Waals surface area (Å²) in [6.07, 6.45) is 5.63. The second kappa shape index (κ2) is 3.08. The number of carbonyl (C=O) groups is 1. The lowest BCUT2D eigenvalue weighted by molar-refractivity contribution is -0.117. The topological polar surface area (TPSA) is 56.0 Å². The second-order valence-electron chi connectivity index (χ2n) is 4.24. The number of pyridine rings is 1. The van der Waals surface area contributed by atoms with Crippen molar-refractivity contribution in [3.8, 4) is 0 Å². The van der Waals surface area contributed by atoms with Crippen molar-refractivity contribution in [3.63, 3.8) is 0 Å². The molecule has 1 aromatic heterocycles. The van der Waals surface area contributed by atoms with Crippen LogP contribution < -0.4 is 5.73 Å². The van der Waals surface area contributed by atoms with Gasteiger partial charge in [0.15, 0.2) is 0 Å². The first-order valence-corrected chi connectivity index (χ1v) is 4.83. The predicted molar refractivity (Wildman–Crippen MR) is 54.9 cm³/mol. The van der Waals surface area contributed by atoms with Crippen molar-refractivity contribution in [3.05, 3.63) is 24.0 Å². The minimum absolute atomic E-state index is 0.0879. The Bertz CT molecular complexity index is 375. The van der Waals surface area contributed by atoms with E-state index < -0.39 is 0 Å². The van der Waals surface area contributed by atoms with Crippen molar-refractivity contribution in [2.75, 3.05) is 5.73 Å². The number of aromatic nitrogens is 1. The van der Waals surface area contributed by atoms with Crippen LogP contribution in [0.2, 0.25) is 0 Å². The van der Waals surface area contributed by atoms with Crippen LogP contribution in [0.3, 0.4) is 0 Å².